The quantitative estimate of drug-likeness (QED) is 0.870. The molecule has 2 rings (SSSR count). The van der Waals surface area contributed by atoms with E-state index in [0.717, 1.165) is 22.7 Å². The number of thiazole rings is 1. The molecule has 2 aromatic rings. The van der Waals surface area contributed by atoms with Crippen LogP contribution in [0.3, 0.4) is 0 Å². The Kier molecular flexibility index (Phi) is 4.77. The van der Waals surface area contributed by atoms with Gasteiger partial charge in [0.05, 0.1) is 10.7 Å². The normalized spacial score (nSPS) is 10.4. The van der Waals surface area contributed by atoms with Crippen LogP contribution in [0.25, 0.3) is 0 Å². The van der Waals surface area contributed by atoms with Gasteiger partial charge in [0.25, 0.3) is 5.91 Å². The molecule has 0 unspecified atom stereocenters. The maximum Gasteiger partial charge on any atom is 0.267 e. The molecule has 0 aliphatic carbocycles. The molecular weight excluding hydrogens is 280 g/mol. The smallest absolute Gasteiger partial charge is 0.267 e. The molecular formula is C17H18N2OS. The maximum absolute atomic E-state index is 12.3. The fourth-order valence-electron chi connectivity index (χ4n) is 1.97. The molecule has 0 fully saturated rings. The van der Waals surface area contributed by atoms with E-state index in [1.807, 2.05) is 25.1 Å². The van der Waals surface area contributed by atoms with Gasteiger partial charge in [-0.2, -0.15) is 0 Å². The highest BCUT2D eigenvalue weighted by Gasteiger charge is 2.16. The van der Waals surface area contributed by atoms with Crippen molar-refractivity contribution in [2.45, 2.75) is 27.2 Å². The molecule has 21 heavy (non-hydrogen) atoms. The second-order valence-corrected chi connectivity index (χ2v) is 6.38. The molecule has 108 valence electrons. The number of anilines is 1. The van der Waals surface area contributed by atoms with Crippen LogP contribution in [-0.4, -0.2) is 10.9 Å². The number of nitrogens with one attached hydrogen (secondary N) is 1. The molecule has 0 spiro atoms. The van der Waals surface area contributed by atoms with Crippen molar-refractivity contribution >= 4 is 22.9 Å². The molecule has 1 heterocycles. The Hall–Kier alpha value is -2.12. The largest absolute Gasteiger partial charge is 0.321 e. The van der Waals surface area contributed by atoms with E-state index < -0.39 is 0 Å². The molecule has 0 atom stereocenters. The number of benzene rings is 1. The van der Waals surface area contributed by atoms with Gasteiger partial charge in [-0.1, -0.05) is 25.8 Å². The second-order valence-electron chi connectivity index (χ2n) is 5.30. The minimum Gasteiger partial charge on any atom is -0.321 e. The number of amides is 1. The molecule has 1 N–H and O–H groups in total. The highest BCUT2D eigenvalue weighted by molar-refractivity contribution is 7.13. The Labute approximate surface area is 129 Å². The number of rotatable bonds is 4. The summed E-state index contributed by atoms with van der Waals surface area (Å²) in [6, 6.07) is 7.26. The van der Waals surface area contributed by atoms with Crippen LogP contribution in [0.1, 0.15) is 39.8 Å². The van der Waals surface area contributed by atoms with Gasteiger partial charge in [0.15, 0.2) is 0 Å². The van der Waals surface area contributed by atoms with Crippen molar-refractivity contribution in [3.63, 3.8) is 0 Å². The Balaban J connectivity index is 2.16. The van der Waals surface area contributed by atoms with Crippen LogP contribution < -0.4 is 5.32 Å². The summed E-state index contributed by atoms with van der Waals surface area (Å²) in [5, 5.41) is 3.88. The molecule has 0 bridgehead atoms. The van der Waals surface area contributed by atoms with Crippen molar-refractivity contribution in [2.24, 2.45) is 5.92 Å². The van der Waals surface area contributed by atoms with E-state index in [1.54, 1.807) is 6.07 Å². The fraction of sp³-hybridized carbons (Fsp3) is 0.294. The van der Waals surface area contributed by atoms with Gasteiger partial charge in [0.2, 0.25) is 0 Å². The van der Waals surface area contributed by atoms with Crippen LogP contribution in [-0.2, 0) is 6.42 Å². The molecule has 0 saturated carbocycles. The minimum atomic E-state index is -0.130. The number of terminal acetylenes is 1. The lowest BCUT2D eigenvalue weighted by molar-refractivity contribution is 0.103. The predicted molar refractivity (Wildman–Crippen MR) is 87.7 cm³/mol. The summed E-state index contributed by atoms with van der Waals surface area (Å²) in [7, 11) is 0. The Morgan fingerprint density at radius 3 is 2.90 bits per heavy atom. The van der Waals surface area contributed by atoms with Crippen LogP contribution in [0.5, 0.6) is 0 Å². The summed E-state index contributed by atoms with van der Waals surface area (Å²) < 4.78 is 0. The number of hydrogen-bond acceptors (Lipinski definition) is 3. The average molecular weight is 298 g/mol. The summed E-state index contributed by atoms with van der Waals surface area (Å²) in [4.78, 5) is 17.5. The zero-order chi connectivity index (χ0) is 15.4. The van der Waals surface area contributed by atoms with E-state index in [1.165, 1.54) is 11.3 Å². The van der Waals surface area contributed by atoms with E-state index in [0.29, 0.717) is 16.5 Å². The number of aryl methyl sites for hydroxylation is 1. The van der Waals surface area contributed by atoms with Gasteiger partial charge in [-0.25, -0.2) is 4.98 Å². The first kappa shape index (κ1) is 15.3. The first-order valence-corrected chi connectivity index (χ1v) is 7.65. The Morgan fingerprint density at radius 2 is 2.24 bits per heavy atom. The molecule has 4 heteroatoms. The standard InChI is InChI=1S/C17H18N2OS/c1-5-13-7-6-8-14(10-13)19-17(20)16-12(4)18-15(21-16)9-11(2)3/h1,6-8,10-11H,9H2,2-4H3,(H,19,20). The highest BCUT2D eigenvalue weighted by Crippen LogP contribution is 2.22. The second kappa shape index (κ2) is 6.55. The van der Waals surface area contributed by atoms with E-state index in [-0.39, 0.29) is 5.91 Å². The average Bonchev–Trinajstić information content (AvgIpc) is 2.79. The third kappa shape index (κ3) is 3.93. The Morgan fingerprint density at radius 1 is 1.48 bits per heavy atom. The van der Waals surface area contributed by atoms with E-state index in [9.17, 15) is 4.79 Å². The predicted octanol–water partition coefficient (Wildman–Crippen LogP) is 3.88. The lowest BCUT2D eigenvalue weighted by atomic mass is 10.1. The van der Waals surface area contributed by atoms with Crippen LogP contribution in [0.2, 0.25) is 0 Å². The van der Waals surface area contributed by atoms with Crippen molar-refractivity contribution in [1.29, 1.82) is 0 Å². The van der Waals surface area contributed by atoms with E-state index in [4.69, 9.17) is 6.42 Å². The number of hydrogen-bond donors (Lipinski definition) is 1. The molecule has 1 aromatic heterocycles. The minimum absolute atomic E-state index is 0.130. The summed E-state index contributed by atoms with van der Waals surface area (Å²) >= 11 is 1.46. The lowest BCUT2D eigenvalue weighted by Crippen LogP contribution is -2.11. The SMILES string of the molecule is C#Cc1cccc(NC(=O)c2sc(CC(C)C)nc2C)c1. The van der Waals surface area contributed by atoms with Gasteiger partial charge in [-0.05, 0) is 31.0 Å². The number of carbonyl (C=O) groups is 1. The van der Waals surface area contributed by atoms with Gasteiger partial charge in [0.1, 0.15) is 4.88 Å². The molecule has 0 radical (unpaired) electrons. The topological polar surface area (TPSA) is 42.0 Å². The molecule has 1 aromatic carbocycles. The first-order valence-electron chi connectivity index (χ1n) is 6.84. The third-order valence-electron chi connectivity index (χ3n) is 2.92. The molecule has 1 amide bonds. The van der Waals surface area contributed by atoms with Gasteiger partial charge in [0, 0.05) is 17.7 Å². The van der Waals surface area contributed by atoms with Crippen LogP contribution in [0, 0.1) is 25.2 Å². The van der Waals surface area contributed by atoms with E-state index >= 15 is 0 Å². The van der Waals surface area contributed by atoms with Crippen molar-refractivity contribution in [2.75, 3.05) is 5.32 Å². The number of aromatic nitrogens is 1. The molecule has 0 aliphatic heterocycles. The maximum atomic E-state index is 12.3. The molecule has 0 aliphatic rings. The van der Waals surface area contributed by atoms with Crippen LogP contribution >= 0.6 is 11.3 Å². The number of carbonyl (C=O) groups excluding carboxylic acids is 1. The molecule has 3 nitrogen and oxygen atoms in total. The Bertz CT molecular complexity index is 695. The highest BCUT2D eigenvalue weighted by atomic mass is 32.1. The first-order chi connectivity index (χ1) is 9.99. The summed E-state index contributed by atoms with van der Waals surface area (Å²) in [5.74, 6) is 2.95. The number of nitrogens with zero attached hydrogens (tertiary/aromatic N) is 1. The zero-order valence-electron chi connectivity index (χ0n) is 12.4. The van der Waals surface area contributed by atoms with Crippen molar-refractivity contribution in [3.8, 4) is 12.3 Å². The zero-order valence-corrected chi connectivity index (χ0v) is 13.3. The van der Waals surface area contributed by atoms with Gasteiger partial charge in [-0.15, -0.1) is 17.8 Å². The lowest BCUT2D eigenvalue weighted by Gasteiger charge is -2.04. The van der Waals surface area contributed by atoms with Crippen molar-refractivity contribution in [3.05, 3.63) is 45.4 Å². The van der Waals surface area contributed by atoms with Crippen molar-refractivity contribution < 1.29 is 4.79 Å². The fourth-order valence-corrected chi connectivity index (χ4v) is 3.15. The third-order valence-corrected chi connectivity index (χ3v) is 4.10. The van der Waals surface area contributed by atoms with Gasteiger partial charge in [-0.3, -0.25) is 4.79 Å². The van der Waals surface area contributed by atoms with Crippen molar-refractivity contribution in [1.82, 2.24) is 4.98 Å². The summed E-state index contributed by atoms with van der Waals surface area (Å²) in [5.41, 5.74) is 2.23. The summed E-state index contributed by atoms with van der Waals surface area (Å²) in [6.07, 6.45) is 6.26. The van der Waals surface area contributed by atoms with Gasteiger partial charge >= 0.3 is 0 Å². The van der Waals surface area contributed by atoms with Crippen LogP contribution in [0.15, 0.2) is 24.3 Å². The van der Waals surface area contributed by atoms with Crippen LogP contribution in [0.4, 0.5) is 5.69 Å². The monoisotopic (exact) mass is 298 g/mol. The van der Waals surface area contributed by atoms with Gasteiger partial charge < -0.3 is 5.32 Å². The molecule has 0 saturated heterocycles. The summed E-state index contributed by atoms with van der Waals surface area (Å²) in [6.45, 7) is 6.15. The van der Waals surface area contributed by atoms with E-state index in [2.05, 4.69) is 30.1 Å².